The first-order valence-corrected chi connectivity index (χ1v) is 9.20. The Morgan fingerprint density at radius 2 is 1.88 bits per heavy atom. The average molecular weight is 405 g/mol. The van der Waals surface area contributed by atoms with Crippen LogP contribution in [0.1, 0.15) is 12.8 Å². The lowest BCUT2D eigenvalue weighted by Gasteiger charge is -2.34. The number of nitrogens with zero attached hydrogens (tertiary/aromatic N) is 4. The Kier molecular flexibility index (Phi) is 6.22. The average Bonchev–Trinajstić information content (AvgIpc) is 2.66. The number of hydrogen-bond donors (Lipinski definition) is 0. The lowest BCUT2D eigenvalue weighted by Crippen LogP contribution is -2.49. The van der Waals surface area contributed by atoms with Crippen LogP contribution in [0.25, 0.3) is 0 Å². The third kappa shape index (κ3) is 5.16. The van der Waals surface area contributed by atoms with E-state index in [0.717, 1.165) is 29.3 Å². The third-order valence-corrected chi connectivity index (χ3v) is 4.56. The second-order valence-corrected chi connectivity index (χ2v) is 6.74. The van der Waals surface area contributed by atoms with Crippen molar-refractivity contribution < 1.29 is 9.53 Å². The number of piperazine rings is 1. The van der Waals surface area contributed by atoms with Gasteiger partial charge in [0.15, 0.2) is 0 Å². The van der Waals surface area contributed by atoms with Gasteiger partial charge in [0.2, 0.25) is 11.9 Å². The van der Waals surface area contributed by atoms with Crippen molar-refractivity contribution in [2.24, 2.45) is 0 Å². The smallest absolute Gasteiger partial charge is 0.225 e. The summed E-state index contributed by atoms with van der Waals surface area (Å²) in [4.78, 5) is 24.9. The molecule has 0 N–H and O–H groups in total. The van der Waals surface area contributed by atoms with Gasteiger partial charge in [-0.1, -0.05) is 22.0 Å². The molecule has 1 amide bonds. The van der Waals surface area contributed by atoms with Gasteiger partial charge in [-0.3, -0.25) is 4.79 Å². The summed E-state index contributed by atoms with van der Waals surface area (Å²) in [5.41, 5.74) is 0. The van der Waals surface area contributed by atoms with Crippen molar-refractivity contribution in [2.45, 2.75) is 12.8 Å². The molecule has 0 bridgehead atoms. The van der Waals surface area contributed by atoms with Gasteiger partial charge < -0.3 is 14.5 Å². The van der Waals surface area contributed by atoms with Gasteiger partial charge in [-0.2, -0.15) is 0 Å². The molecule has 132 valence electrons. The van der Waals surface area contributed by atoms with Gasteiger partial charge in [0, 0.05) is 49.5 Å². The lowest BCUT2D eigenvalue weighted by atomic mass is 10.2. The number of benzene rings is 1. The Morgan fingerprint density at radius 1 is 1.12 bits per heavy atom. The topological polar surface area (TPSA) is 58.6 Å². The minimum atomic E-state index is 0.187. The van der Waals surface area contributed by atoms with E-state index < -0.39 is 0 Å². The van der Waals surface area contributed by atoms with E-state index in [1.54, 1.807) is 18.5 Å². The van der Waals surface area contributed by atoms with Gasteiger partial charge in [-0.25, -0.2) is 9.97 Å². The highest BCUT2D eigenvalue weighted by Crippen LogP contribution is 2.18. The van der Waals surface area contributed by atoms with Gasteiger partial charge in [-0.15, -0.1) is 0 Å². The number of halogens is 1. The van der Waals surface area contributed by atoms with E-state index in [1.807, 2.05) is 29.2 Å². The third-order valence-electron chi connectivity index (χ3n) is 4.07. The van der Waals surface area contributed by atoms with E-state index in [-0.39, 0.29) is 5.91 Å². The molecule has 7 heteroatoms. The van der Waals surface area contributed by atoms with Crippen LogP contribution in [-0.2, 0) is 4.79 Å². The standard InChI is InChI=1S/C18H21BrN4O2/c19-15-4-1-5-16(14-15)25-13-2-6-17(24)22-9-11-23(12-10-22)18-20-7-3-8-21-18/h1,3-5,7-8,14H,2,6,9-13H2. The molecule has 6 nitrogen and oxygen atoms in total. The van der Waals surface area contributed by atoms with Crippen LogP contribution in [0.5, 0.6) is 5.75 Å². The van der Waals surface area contributed by atoms with Crippen molar-refractivity contribution in [3.05, 3.63) is 47.2 Å². The molecule has 1 saturated heterocycles. The monoisotopic (exact) mass is 404 g/mol. The maximum atomic E-state index is 12.3. The van der Waals surface area contributed by atoms with Crippen LogP contribution in [0.3, 0.4) is 0 Å². The molecule has 0 atom stereocenters. The number of aromatic nitrogens is 2. The summed E-state index contributed by atoms with van der Waals surface area (Å²) >= 11 is 3.41. The molecule has 3 rings (SSSR count). The Morgan fingerprint density at radius 3 is 2.60 bits per heavy atom. The fourth-order valence-electron chi connectivity index (χ4n) is 2.74. The molecule has 1 aromatic carbocycles. The predicted molar refractivity (Wildman–Crippen MR) is 99.7 cm³/mol. The maximum Gasteiger partial charge on any atom is 0.225 e. The second-order valence-electron chi connectivity index (χ2n) is 5.83. The molecule has 1 aliphatic heterocycles. The zero-order valence-electron chi connectivity index (χ0n) is 14.0. The summed E-state index contributed by atoms with van der Waals surface area (Å²) in [5, 5.41) is 0. The molecular weight excluding hydrogens is 384 g/mol. The van der Waals surface area contributed by atoms with Gasteiger partial charge >= 0.3 is 0 Å². The Balaban J connectivity index is 1.37. The largest absolute Gasteiger partial charge is 0.494 e. The van der Waals surface area contributed by atoms with Crippen molar-refractivity contribution >= 4 is 27.8 Å². The Hall–Kier alpha value is -2.15. The van der Waals surface area contributed by atoms with E-state index in [4.69, 9.17) is 4.74 Å². The SMILES string of the molecule is O=C(CCCOc1cccc(Br)c1)N1CCN(c2ncccn2)CC1. The van der Waals surface area contributed by atoms with Crippen molar-refractivity contribution in [2.75, 3.05) is 37.7 Å². The molecule has 0 unspecified atom stereocenters. The highest BCUT2D eigenvalue weighted by atomic mass is 79.9. The van der Waals surface area contributed by atoms with Gasteiger partial charge in [0.05, 0.1) is 6.61 Å². The van der Waals surface area contributed by atoms with Crippen molar-refractivity contribution in [3.8, 4) is 5.75 Å². The van der Waals surface area contributed by atoms with Crippen LogP contribution in [-0.4, -0.2) is 53.6 Å². The minimum absolute atomic E-state index is 0.187. The molecule has 1 aliphatic rings. The van der Waals surface area contributed by atoms with E-state index in [9.17, 15) is 4.79 Å². The predicted octanol–water partition coefficient (Wildman–Crippen LogP) is 2.75. The van der Waals surface area contributed by atoms with Gasteiger partial charge in [0.25, 0.3) is 0 Å². The van der Waals surface area contributed by atoms with Crippen LogP contribution in [0.4, 0.5) is 5.95 Å². The summed E-state index contributed by atoms with van der Waals surface area (Å²) in [7, 11) is 0. The van der Waals surface area contributed by atoms with Crippen LogP contribution < -0.4 is 9.64 Å². The molecule has 25 heavy (non-hydrogen) atoms. The number of amides is 1. The van der Waals surface area contributed by atoms with Crippen LogP contribution in [0.2, 0.25) is 0 Å². The highest BCUT2D eigenvalue weighted by molar-refractivity contribution is 9.10. The van der Waals surface area contributed by atoms with Crippen LogP contribution in [0, 0.1) is 0 Å². The molecule has 0 saturated carbocycles. The molecule has 0 radical (unpaired) electrons. The number of anilines is 1. The molecule has 0 spiro atoms. The fourth-order valence-corrected chi connectivity index (χ4v) is 3.12. The maximum absolute atomic E-state index is 12.3. The van der Waals surface area contributed by atoms with E-state index in [1.165, 1.54) is 0 Å². The van der Waals surface area contributed by atoms with Gasteiger partial charge in [-0.05, 0) is 30.7 Å². The van der Waals surface area contributed by atoms with Crippen LogP contribution in [0.15, 0.2) is 47.2 Å². The van der Waals surface area contributed by atoms with E-state index in [0.29, 0.717) is 32.5 Å². The van der Waals surface area contributed by atoms with E-state index in [2.05, 4.69) is 30.8 Å². The van der Waals surface area contributed by atoms with Crippen LogP contribution >= 0.6 is 15.9 Å². The Bertz CT molecular complexity index is 690. The number of ether oxygens (including phenoxy) is 1. The summed E-state index contributed by atoms with van der Waals surface area (Å²) in [6, 6.07) is 9.53. The Labute approximate surface area is 156 Å². The summed E-state index contributed by atoms with van der Waals surface area (Å²) in [6.07, 6.45) is 4.71. The number of rotatable bonds is 6. The number of carbonyl (C=O) groups excluding carboxylic acids is 1. The van der Waals surface area contributed by atoms with Crippen molar-refractivity contribution in [3.63, 3.8) is 0 Å². The fraction of sp³-hybridized carbons (Fsp3) is 0.389. The summed E-state index contributed by atoms with van der Waals surface area (Å²) in [5.74, 6) is 1.74. The first-order valence-electron chi connectivity index (χ1n) is 8.40. The molecule has 1 aromatic heterocycles. The molecule has 2 heterocycles. The first-order chi connectivity index (χ1) is 12.2. The van der Waals surface area contributed by atoms with Gasteiger partial charge in [0.1, 0.15) is 5.75 Å². The molecule has 0 aliphatic carbocycles. The first kappa shape index (κ1) is 17.7. The molecular formula is C18H21BrN4O2. The normalized spacial score (nSPS) is 14.4. The summed E-state index contributed by atoms with van der Waals surface area (Å²) < 4.78 is 6.66. The lowest BCUT2D eigenvalue weighted by molar-refractivity contribution is -0.131. The number of hydrogen-bond acceptors (Lipinski definition) is 5. The summed E-state index contributed by atoms with van der Waals surface area (Å²) in [6.45, 7) is 3.50. The zero-order chi connectivity index (χ0) is 17.5. The highest BCUT2D eigenvalue weighted by Gasteiger charge is 2.21. The number of carbonyl (C=O) groups is 1. The van der Waals surface area contributed by atoms with E-state index >= 15 is 0 Å². The quantitative estimate of drug-likeness (QED) is 0.692. The molecule has 1 fully saturated rings. The van der Waals surface area contributed by atoms with Crippen molar-refractivity contribution in [1.82, 2.24) is 14.9 Å². The minimum Gasteiger partial charge on any atom is -0.494 e. The van der Waals surface area contributed by atoms with Crippen molar-refractivity contribution in [1.29, 1.82) is 0 Å². The molecule has 2 aromatic rings. The zero-order valence-corrected chi connectivity index (χ0v) is 15.6. The second kappa shape index (κ2) is 8.80.